The van der Waals surface area contributed by atoms with E-state index in [-0.39, 0.29) is 24.1 Å². The second-order valence-corrected chi connectivity index (χ2v) is 6.66. The zero-order valence-corrected chi connectivity index (χ0v) is 14.2. The van der Waals surface area contributed by atoms with E-state index in [9.17, 15) is 9.59 Å². The minimum absolute atomic E-state index is 0.177. The lowest BCUT2D eigenvalue weighted by Gasteiger charge is -2.29. The Morgan fingerprint density at radius 2 is 2.09 bits per heavy atom. The predicted octanol–water partition coefficient (Wildman–Crippen LogP) is 2.88. The lowest BCUT2D eigenvalue weighted by molar-refractivity contribution is -0.125. The number of ether oxygens (including phenoxy) is 1. The molecule has 0 aliphatic heterocycles. The zero-order valence-electron chi connectivity index (χ0n) is 12.6. The number of esters is 1. The van der Waals surface area contributed by atoms with Gasteiger partial charge in [-0.2, -0.15) is 0 Å². The van der Waals surface area contributed by atoms with Crippen LogP contribution in [-0.4, -0.2) is 24.5 Å². The van der Waals surface area contributed by atoms with Crippen LogP contribution in [0.5, 0.6) is 0 Å². The summed E-state index contributed by atoms with van der Waals surface area (Å²) < 4.78 is 5.78. The molecule has 1 saturated carbocycles. The van der Waals surface area contributed by atoms with Gasteiger partial charge in [0.05, 0.1) is 5.56 Å². The average molecular weight is 369 g/mol. The number of nitrogen functional groups attached to an aromatic ring is 1. The minimum Gasteiger partial charge on any atom is -0.452 e. The average Bonchev–Trinajstić information content (AvgIpc) is 2.49. The molecule has 0 spiro atoms. The molecule has 1 fully saturated rings. The van der Waals surface area contributed by atoms with Gasteiger partial charge in [-0.25, -0.2) is 4.79 Å². The summed E-state index contributed by atoms with van der Waals surface area (Å²) in [7, 11) is 0. The van der Waals surface area contributed by atoms with Gasteiger partial charge in [-0.3, -0.25) is 4.79 Å². The van der Waals surface area contributed by atoms with Crippen LogP contribution in [0.15, 0.2) is 22.7 Å². The Hall–Kier alpha value is -1.56. The van der Waals surface area contributed by atoms with Crippen LogP contribution >= 0.6 is 15.9 Å². The molecule has 0 heterocycles. The summed E-state index contributed by atoms with van der Waals surface area (Å²) >= 11 is 3.27. The van der Waals surface area contributed by atoms with Gasteiger partial charge < -0.3 is 15.8 Å². The van der Waals surface area contributed by atoms with E-state index >= 15 is 0 Å². The number of carbonyl (C=O) groups is 2. The van der Waals surface area contributed by atoms with Gasteiger partial charge >= 0.3 is 5.97 Å². The highest BCUT2D eigenvalue weighted by atomic mass is 79.9. The third-order valence-electron chi connectivity index (χ3n) is 4.03. The Balaban J connectivity index is 1.85. The minimum atomic E-state index is -0.592. The summed E-state index contributed by atoms with van der Waals surface area (Å²) in [6.07, 6.45) is 4.45. The van der Waals surface area contributed by atoms with Crippen molar-refractivity contribution >= 4 is 33.5 Å². The molecule has 0 bridgehead atoms. The molecule has 0 saturated heterocycles. The van der Waals surface area contributed by atoms with Crippen LogP contribution < -0.4 is 11.1 Å². The second-order valence-electron chi connectivity index (χ2n) is 5.74. The van der Waals surface area contributed by atoms with Crippen molar-refractivity contribution in [1.29, 1.82) is 0 Å². The predicted molar refractivity (Wildman–Crippen MR) is 88.4 cm³/mol. The molecule has 2 atom stereocenters. The highest BCUT2D eigenvalue weighted by Gasteiger charge is 2.23. The van der Waals surface area contributed by atoms with Gasteiger partial charge in [0.15, 0.2) is 6.61 Å². The van der Waals surface area contributed by atoms with Crippen LogP contribution in [0.3, 0.4) is 0 Å². The molecule has 0 radical (unpaired) electrons. The molecule has 3 N–H and O–H groups in total. The number of halogens is 1. The van der Waals surface area contributed by atoms with E-state index in [1.54, 1.807) is 18.2 Å². The molecule has 6 heteroatoms. The van der Waals surface area contributed by atoms with E-state index in [2.05, 4.69) is 28.2 Å². The molecule has 1 aromatic rings. The molecule has 0 unspecified atom stereocenters. The van der Waals surface area contributed by atoms with E-state index < -0.39 is 5.97 Å². The van der Waals surface area contributed by atoms with E-state index in [0.717, 1.165) is 23.7 Å². The fourth-order valence-corrected chi connectivity index (χ4v) is 3.05. The van der Waals surface area contributed by atoms with Crippen LogP contribution in [0.25, 0.3) is 0 Å². The highest BCUT2D eigenvalue weighted by Crippen LogP contribution is 2.23. The first kappa shape index (κ1) is 16.8. The summed E-state index contributed by atoms with van der Waals surface area (Å²) in [6.45, 7) is 1.85. The van der Waals surface area contributed by atoms with Crippen molar-refractivity contribution in [1.82, 2.24) is 5.32 Å². The van der Waals surface area contributed by atoms with Crippen molar-refractivity contribution in [2.75, 3.05) is 12.3 Å². The largest absolute Gasteiger partial charge is 0.452 e. The molecule has 1 aliphatic rings. The van der Waals surface area contributed by atoms with Crippen molar-refractivity contribution in [2.24, 2.45) is 5.92 Å². The number of carbonyl (C=O) groups excluding carboxylic acids is 2. The standard InChI is InChI=1S/C16H21BrN2O3/c1-10-4-2-3-5-14(10)19-15(20)9-22-16(21)12-8-11(17)6-7-13(12)18/h6-8,10,14H,2-5,9,18H2,1H3,(H,19,20)/t10-,14-/m0/s1. The fourth-order valence-electron chi connectivity index (χ4n) is 2.69. The smallest absolute Gasteiger partial charge is 0.340 e. The number of amides is 1. The maximum absolute atomic E-state index is 12.0. The third-order valence-corrected chi connectivity index (χ3v) is 4.52. The van der Waals surface area contributed by atoms with Crippen LogP contribution in [0.1, 0.15) is 43.0 Å². The topological polar surface area (TPSA) is 81.4 Å². The van der Waals surface area contributed by atoms with Crippen molar-refractivity contribution in [3.05, 3.63) is 28.2 Å². The van der Waals surface area contributed by atoms with E-state index in [0.29, 0.717) is 11.6 Å². The quantitative estimate of drug-likeness (QED) is 0.632. The van der Waals surface area contributed by atoms with Crippen LogP contribution in [0, 0.1) is 5.92 Å². The SMILES string of the molecule is C[C@H]1CCCC[C@@H]1NC(=O)COC(=O)c1cc(Br)ccc1N. The molecule has 1 aromatic carbocycles. The number of rotatable bonds is 4. The number of hydrogen-bond donors (Lipinski definition) is 2. The number of benzene rings is 1. The molecule has 1 amide bonds. The molecular formula is C16H21BrN2O3. The Bertz CT molecular complexity index is 562. The van der Waals surface area contributed by atoms with Crippen molar-refractivity contribution < 1.29 is 14.3 Å². The maximum Gasteiger partial charge on any atom is 0.340 e. The normalized spacial score (nSPS) is 21.2. The van der Waals surface area contributed by atoms with Crippen LogP contribution in [0.4, 0.5) is 5.69 Å². The monoisotopic (exact) mass is 368 g/mol. The summed E-state index contributed by atoms with van der Waals surface area (Å²) in [5.74, 6) is -0.388. The lowest BCUT2D eigenvalue weighted by Crippen LogP contribution is -2.42. The van der Waals surface area contributed by atoms with Crippen molar-refractivity contribution in [3.63, 3.8) is 0 Å². The van der Waals surface area contributed by atoms with Gasteiger partial charge in [-0.1, -0.05) is 35.7 Å². The molecule has 2 rings (SSSR count). The van der Waals surface area contributed by atoms with Gasteiger partial charge in [-0.05, 0) is 37.0 Å². The lowest BCUT2D eigenvalue weighted by atomic mass is 9.86. The van der Waals surface area contributed by atoms with E-state index in [1.165, 1.54) is 6.42 Å². The first-order valence-electron chi connectivity index (χ1n) is 7.49. The molecule has 5 nitrogen and oxygen atoms in total. The Labute approximate surface area is 138 Å². The number of nitrogens with two attached hydrogens (primary N) is 1. The first-order valence-corrected chi connectivity index (χ1v) is 8.28. The van der Waals surface area contributed by atoms with E-state index in [1.807, 2.05) is 0 Å². The molecule has 22 heavy (non-hydrogen) atoms. The molecule has 0 aromatic heterocycles. The van der Waals surface area contributed by atoms with Crippen LogP contribution in [0.2, 0.25) is 0 Å². The third kappa shape index (κ3) is 4.47. The Kier molecular flexibility index (Phi) is 5.83. The Morgan fingerprint density at radius 1 is 1.36 bits per heavy atom. The molecular weight excluding hydrogens is 348 g/mol. The zero-order chi connectivity index (χ0) is 16.1. The van der Waals surface area contributed by atoms with Gasteiger partial charge in [0.2, 0.25) is 0 Å². The van der Waals surface area contributed by atoms with Crippen molar-refractivity contribution in [3.8, 4) is 0 Å². The number of anilines is 1. The summed E-state index contributed by atoms with van der Waals surface area (Å²) in [4.78, 5) is 23.9. The van der Waals surface area contributed by atoms with Gasteiger partial charge in [0.1, 0.15) is 0 Å². The number of hydrogen-bond acceptors (Lipinski definition) is 4. The molecule has 120 valence electrons. The van der Waals surface area contributed by atoms with Gasteiger partial charge in [0, 0.05) is 16.2 Å². The van der Waals surface area contributed by atoms with Crippen molar-refractivity contribution in [2.45, 2.75) is 38.6 Å². The van der Waals surface area contributed by atoms with E-state index in [4.69, 9.17) is 10.5 Å². The molecule has 1 aliphatic carbocycles. The Morgan fingerprint density at radius 3 is 2.82 bits per heavy atom. The first-order chi connectivity index (χ1) is 10.5. The second kappa shape index (κ2) is 7.63. The van der Waals surface area contributed by atoms with Gasteiger partial charge in [-0.15, -0.1) is 0 Å². The fraction of sp³-hybridized carbons (Fsp3) is 0.500. The highest BCUT2D eigenvalue weighted by molar-refractivity contribution is 9.10. The summed E-state index contributed by atoms with van der Waals surface area (Å²) in [6, 6.07) is 5.11. The number of nitrogens with one attached hydrogen (secondary N) is 1. The van der Waals surface area contributed by atoms with Crippen LogP contribution in [-0.2, 0) is 9.53 Å². The summed E-state index contributed by atoms with van der Waals surface area (Å²) in [5, 5.41) is 2.94. The van der Waals surface area contributed by atoms with Gasteiger partial charge in [0.25, 0.3) is 5.91 Å². The summed E-state index contributed by atoms with van der Waals surface area (Å²) in [5.41, 5.74) is 6.33. The maximum atomic E-state index is 12.0.